The number of aliphatic hydroxyl groups is 1. The lowest BCUT2D eigenvalue weighted by atomic mass is 10.3. The zero-order valence-electron chi connectivity index (χ0n) is 11.5. The third kappa shape index (κ3) is 3.29. The highest BCUT2D eigenvalue weighted by Crippen LogP contribution is 2.30. The van der Waals surface area contributed by atoms with Crippen molar-refractivity contribution in [3.63, 3.8) is 0 Å². The summed E-state index contributed by atoms with van der Waals surface area (Å²) in [5, 5.41) is 8.62. The maximum absolute atomic E-state index is 12.1. The second kappa shape index (κ2) is 6.06. The lowest BCUT2D eigenvalue weighted by molar-refractivity contribution is 0.236. The molecule has 2 rings (SSSR count). The van der Waals surface area contributed by atoms with Gasteiger partial charge in [-0.2, -0.15) is 8.42 Å². The first-order valence-electron chi connectivity index (χ1n) is 5.94. The molecule has 2 aromatic rings. The van der Waals surface area contributed by atoms with Crippen LogP contribution >= 0.6 is 0 Å². The molecule has 0 aliphatic carbocycles. The van der Waals surface area contributed by atoms with E-state index >= 15 is 0 Å². The largest absolute Gasteiger partial charge is 0.493 e. The first-order chi connectivity index (χ1) is 10.00. The molecule has 1 heterocycles. The predicted molar refractivity (Wildman–Crippen MR) is 75.0 cm³/mol. The zero-order valence-corrected chi connectivity index (χ0v) is 12.3. The summed E-state index contributed by atoms with van der Waals surface area (Å²) >= 11 is 0. The first-order valence-corrected chi connectivity index (χ1v) is 7.43. The van der Waals surface area contributed by atoms with E-state index in [0.717, 1.165) is 0 Å². The summed E-state index contributed by atoms with van der Waals surface area (Å²) in [6.45, 7) is -0.369. The van der Waals surface area contributed by atoms with Crippen LogP contribution in [-0.2, 0) is 16.6 Å². The number of methoxy groups -OCH3 is 2. The van der Waals surface area contributed by atoms with E-state index < -0.39 is 10.0 Å². The van der Waals surface area contributed by atoms with Gasteiger partial charge in [-0.25, -0.2) is 0 Å². The van der Waals surface area contributed by atoms with E-state index in [1.54, 1.807) is 6.07 Å². The summed E-state index contributed by atoms with van der Waals surface area (Å²) in [5.41, 5.74) is 0.301. The fraction of sp³-hybridized carbons (Fsp3) is 0.231. The summed E-state index contributed by atoms with van der Waals surface area (Å²) in [5.74, 6) is 1.05. The second-order valence-corrected chi connectivity index (χ2v) is 5.67. The van der Waals surface area contributed by atoms with Crippen molar-refractivity contribution in [2.24, 2.45) is 0 Å². The van der Waals surface area contributed by atoms with Gasteiger partial charge in [0.2, 0.25) is 5.09 Å². The lowest BCUT2D eigenvalue weighted by Crippen LogP contribution is -2.12. The minimum Gasteiger partial charge on any atom is -0.493 e. The minimum atomic E-state index is -3.87. The van der Waals surface area contributed by atoms with Gasteiger partial charge >= 0.3 is 0 Å². The zero-order chi connectivity index (χ0) is 15.5. The van der Waals surface area contributed by atoms with E-state index in [4.69, 9.17) is 19.0 Å². The number of sulfonamides is 1. The molecule has 21 heavy (non-hydrogen) atoms. The average molecular weight is 313 g/mol. The molecule has 0 atom stereocenters. The maximum Gasteiger partial charge on any atom is 0.295 e. The van der Waals surface area contributed by atoms with Gasteiger partial charge in [0, 0.05) is 6.07 Å². The molecule has 0 fully saturated rings. The molecule has 0 saturated heterocycles. The van der Waals surface area contributed by atoms with Crippen molar-refractivity contribution in [1.82, 2.24) is 0 Å². The first kappa shape index (κ1) is 15.2. The van der Waals surface area contributed by atoms with E-state index in [1.807, 2.05) is 0 Å². The van der Waals surface area contributed by atoms with Gasteiger partial charge in [-0.1, -0.05) is 0 Å². The number of nitrogens with one attached hydrogen (secondary N) is 1. The van der Waals surface area contributed by atoms with Gasteiger partial charge in [0.25, 0.3) is 10.0 Å². The summed E-state index contributed by atoms with van der Waals surface area (Å²) in [4.78, 5) is 0. The number of ether oxygens (including phenoxy) is 2. The van der Waals surface area contributed by atoms with Crippen molar-refractivity contribution in [2.45, 2.75) is 11.7 Å². The van der Waals surface area contributed by atoms with Crippen LogP contribution in [0.4, 0.5) is 5.69 Å². The Balaban J connectivity index is 2.28. The molecule has 0 unspecified atom stereocenters. The van der Waals surface area contributed by atoms with E-state index in [2.05, 4.69) is 4.72 Å². The third-order valence-electron chi connectivity index (χ3n) is 2.69. The van der Waals surface area contributed by atoms with Gasteiger partial charge in [-0.15, -0.1) is 0 Å². The second-order valence-electron chi connectivity index (χ2n) is 4.05. The summed E-state index contributed by atoms with van der Waals surface area (Å²) in [6.07, 6.45) is 0. The number of hydrogen-bond donors (Lipinski definition) is 2. The minimum absolute atomic E-state index is 0.169. The molecule has 0 saturated carbocycles. The van der Waals surface area contributed by atoms with E-state index in [-0.39, 0.29) is 17.5 Å². The van der Waals surface area contributed by atoms with Gasteiger partial charge in [-0.05, 0) is 24.3 Å². The Morgan fingerprint density at radius 1 is 1.14 bits per heavy atom. The number of hydrogen-bond acceptors (Lipinski definition) is 6. The maximum atomic E-state index is 12.1. The van der Waals surface area contributed by atoms with Crippen LogP contribution in [0, 0.1) is 0 Å². The Hall–Kier alpha value is -2.19. The number of aliphatic hydroxyl groups excluding tert-OH is 1. The van der Waals surface area contributed by atoms with Crippen LogP contribution in [0.15, 0.2) is 39.8 Å². The average Bonchev–Trinajstić information content (AvgIpc) is 2.96. The number of anilines is 1. The summed E-state index contributed by atoms with van der Waals surface area (Å²) in [6, 6.07) is 7.27. The van der Waals surface area contributed by atoms with Crippen LogP contribution < -0.4 is 14.2 Å². The predicted octanol–water partition coefficient (Wildman–Crippen LogP) is 1.59. The van der Waals surface area contributed by atoms with Crippen LogP contribution in [0.5, 0.6) is 11.5 Å². The number of rotatable bonds is 6. The molecule has 0 amide bonds. The molecule has 8 heteroatoms. The van der Waals surface area contributed by atoms with Crippen molar-refractivity contribution >= 4 is 15.7 Å². The van der Waals surface area contributed by atoms with Crippen LogP contribution in [0.2, 0.25) is 0 Å². The molecule has 7 nitrogen and oxygen atoms in total. The highest BCUT2D eigenvalue weighted by atomic mass is 32.2. The Bertz CT molecular complexity index is 722. The van der Waals surface area contributed by atoms with E-state index in [0.29, 0.717) is 17.2 Å². The van der Waals surface area contributed by atoms with E-state index in [9.17, 15) is 8.42 Å². The quantitative estimate of drug-likeness (QED) is 0.840. The fourth-order valence-electron chi connectivity index (χ4n) is 1.69. The highest BCUT2D eigenvalue weighted by molar-refractivity contribution is 7.92. The van der Waals surface area contributed by atoms with Gasteiger partial charge in [0.15, 0.2) is 11.5 Å². The van der Waals surface area contributed by atoms with Gasteiger partial charge < -0.3 is 19.0 Å². The molecule has 0 bridgehead atoms. The number of benzene rings is 1. The molecule has 2 N–H and O–H groups in total. The normalized spacial score (nSPS) is 11.2. The lowest BCUT2D eigenvalue weighted by Gasteiger charge is -2.10. The molecule has 0 radical (unpaired) electrons. The van der Waals surface area contributed by atoms with Gasteiger partial charge in [0.05, 0.1) is 19.9 Å². The molecular weight excluding hydrogens is 298 g/mol. The van der Waals surface area contributed by atoms with Crippen LogP contribution in [0.1, 0.15) is 5.76 Å². The van der Waals surface area contributed by atoms with Crippen LogP contribution in [-0.4, -0.2) is 27.7 Å². The van der Waals surface area contributed by atoms with Crippen molar-refractivity contribution < 1.29 is 27.4 Å². The number of furan rings is 1. The Labute approximate surface area is 122 Å². The van der Waals surface area contributed by atoms with Crippen LogP contribution in [0.3, 0.4) is 0 Å². The molecule has 114 valence electrons. The fourth-order valence-corrected chi connectivity index (χ4v) is 2.69. The molecule has 1 aromatic carbocycles. The summed E-state index contributed by atoms with van der Waals surface area (Å²) in [7, 11) is -0.930. The van der Waals surface area contributed by atoms with Crippen LogP contribution in [0.25, 0.3) is 0 Å². The topological polar surface area (TPSA) is 98.0 Å². The third-order valence-corrected chi connectivity index (χ3v) is 3.95. The molecule has 0 spiro atoms. The van der Waals surface area contributed by atoms with Crippen molar-refractivity contribution in [1.29, 1.82) is 0 Å². The smallest absolute Gasteiger partial charge is 0.295 e. The standard InChI is InChI=1S/C13H15NO6S/c1-18-11-5-3-9(7-12(11)19-2)14-21(16,17)13-6-4-10(8-15)20-13/h3-7,14-15H,8H2,1-2H3. The molecule has 0 aliphatic rings. The van der Waals surface area contributed by atoms with Crippen molar-refractivity contribution in [2.75, 3.05) is 18.9 Å². The Morgan fingerprint density at radius 2 is 1.86 bits per heavy atom. The van der Waals surface area contributed by atoms with E-state index in [1.165, 1.54) is 38.5 Å². The SMILES string of the molecule is COc1ccc(NS(=O)(=O)c2ccc(CO)o2)cc1OC. The molecular formula is C13H15NO6S. The summed E-state index contributed by atoms with van der Waals surface area (Å²) < 4.78 is 41.8. The van der Waals surface area contributed by atoms with Gasteiger partial charge in [0.1, 0.15) is 12.4 Å². The monoisotopic (exact) mass is 313 g/mol. The molecule has 1 aromatic heterocycles. The van der Waals surface area contributed by atoms with Crippen molar-refractivity contribution in [3.8, 4) is 11.5 Å². The van der Waals surface area contributed by atoms with Crippen molar-refractivity contribution in [3.05, 3.63) is 36.1 Å². The molecule has 0 aliphatic heterocycles. The van der Waals surface area contributed by atoms with Gasteiger partial charge in [-0.3, -0.25) is 4.72 Å². The highest BCUT2D eigenvalue weighted by Gasteiger charge is 2.19. The Morgan fingerprint density at radius 3 is 2.43 bits per heavy atom. The Kier molecular flexibility index (Phi) is 4.39.